The van der Waals surface area contributed by atoms with Crippen LogP contribution in [-0.4, -0.2) is 17.6 Å². The molecule has 0 aliphatic carbocycles. The van der Waals surface area contributed by atoms with E-state index >= 15 is 0 Å². The van der Waals surface area contributed by atoms with Gasteiger partial charge in [-0.25, -0.2) is 4.79 Å². The van der Waals surface area contributed by atoms with E-state index in [2.05, 4.69) is 33.1 Å². The normalized spacial score (nSPS) is 8.93. The number of hydrogen-bond donors (Lipinski definition) is 2. The first kappa shape index (κ1) is 11.6. The molecule has 0 spiro atoms. The second-order valence-corrected chi connectivity index (χ2v) is 3.69. The zero-order chi connectivity index (χ0) is 11.3. The minimum absolute atomic E-state index is 0.246. The molecule has 0 fully saturated rings. The highest BCUT2D eigenvalue weighted by atomic mass is 79.9. The molecule has 0 heterocycles. The van der Waals surface area contributed by atoms with Crippen molar-refractivity contribution in [3.63, 3.8) is 0 Å². The Morgan fingerprint density at radius 3 is 2.93 bits per heavy atom. The molecule has 15 heavy (non-hydrogen) atoms. The molecule has 3 nitrogen and oxygen atoms in total. The minimum atomic E-state index is -0.950. The fourth-order valence-corrected chi connectivity index (χ4v) is 1.44. The number of benzene rings is 1. The number of rotatable bonds is 3. The Labute approximate surface area is 96.6 Å². The van der Waals surface area contributed by atoms with Gasteiger partial charge in [0.2, 0.25) is 0 Å². The van der Waals surface area contributed by atoms with Crippen LogP contribution < -0.4 is 5.32 Å². The first-order chi connectivity index (χ1) is 7.15. The van der Waals surface area contributed by atoms with E-state index in [1.54, 1.807) is 25.1 Å². The van der Waals surface area contributed by atoms with Crippen molar-refractivity contribution in [2.75, 3.05) is 11.9 Å². The van der Waals surface area contributed by atoms with E-state index in [1.165, 1.54) is 0 Å². The maximum Gasteiger partial charge on any atom is 0.337 e. The number of aromatic carboxylic acids is 1. The maximum atomic E-state index is 10.9. The van der Waals surface area contributed by atoms with Gasteiger partial charge in [0.05, 0.1) is 17.8 Å². The van der Waals surface area contributed by atoms with E-state index in [9.17, 15) is 4.79 Å². The molecular weight excluding hydrogens is 258 g/mol. The van der Waals surface area contributed by atoms with Gasteiger partial charge in [0.1, 0.15) is 0 Å². The molecule has 2 N–H and O–H groups in total. The van der Waals surface area contributed by atoms with E-state index in [0.717, 1.165) is 4.47 Å². The molecule has 78 valence electrons. The second-order valence-electron chi connectivity index (χ2n) is 2.78. The largest absolute Gasteiger partial charge is 0.478 e. The summed E-state index contributed by atoms with van der Waals surface area (Å²) >= 11 is 3.29. The van der Waals surface area contributed by atoms with E-state index in [0.29, 0.717) is 12.2 Å². The van der Waals surface area contributed by atoms with Gasteiger partial charge in [-0.2, -0.15) is 0 Å². The number of carboxylic acids is 1. The van der Waals surface area contributed by atoms with Crippen molar-refractivity contribution in [2.24, 2.45) is 0 Å². The summed E-state index contributed by atoms with van der Waals surface area (Å²) in [5.41, 5.74) is 0.815. The van der Waals surface area contributed by atoms with Crippen LogP contribution >= 0.6 is 15.9 Å². The van der Waals surface area contributed by atoms with E-state index < -0.39 is 5.97 Å². The molecule has 1 aromatic carbocycles. The summed E-state index contributed by atoms with van der Waals surface area (Å²) in [4.78, 5) is 10.9. The standard InChI is InChI=1S/C11H10BrNO2/c1-2-3-6-13-10-7-8(12)4-5-9(10)11(14)15/h4-5,7,13H,6H2,1H3,(H,14,15). The summed E-state index contributed by atoms with van der Waals surface area (Å²) in [6.07, 6.45) is 0. The molecule has 0 saturated carbocycles. The number of carboxylic acid groups (broad SMARTS) is 1. The summed E-state index contributed by atoms with van der Waals surface area (Å²) in [6, 6.07) is 4.97. The Morgan fingerprint density at radius 1 is 1.60 bits per heavy atom. The van der Waals surface area contributed by atoms with Gasteiger partial charge in [-0.15, -0.1) is 5.92 Å². The number of anilines is 1. The summed E-state index contributed by atoms with van der Waals surface area (Å²) in [5.74, 6) is 4.59. The molecule has 0 saturated heterocycles. The monoisotopic (exact) mass is 267 g/mol. The first-order valence-corrected chi connectivity index (χ1v) is 5.10. The predicted molar refractivity (Wildman–Crippen MR) is 63.0 cm³/mol. The Hall–Kier alpha value is -1.47. The van der Waals surface area contributed by atoms with Gasteiger partial charge in [-0.3, -0.25) is 0 Å². The van der Waals surface area contributed by atoms with Crippen molar-refractivity contribution in [3.05, 3.63) is 28.2 Å². The van der Waals surface area contributed by atoms with Crippen LogP contribution in [0.3, 0.4) is 0 Å². The zero-order valence-electron chi connectivity index (χ0n) is 8.17. The van der Waals surface area contributed by atoms with Crippen LogP contribution in [0.15, 0.2) is 22.7 Å². The molecule has 0 atom stereocenters. The summed E-state index contributed by atoms with van der Waals surface area (Å²) < 4.78 is 0.833. The van der Waals surface area contributed by atoms with Gasteiger partial charge < -0.3 is 10.4 Å². The lowest BCUT2D eigenvalue weighted by molar-refractivity contribution is 0.0698. The van der Waals surface area contributed by atoms with Crippen LogP contribution in [0.4, 0.5) is 5.69 Å². The smallest absolute Gasteiger partial charge is 0.337 e. The first-order valence-electron chi connectivity index (χ1n) is 4.31. The van der Waals surface area contributed by atoms with Crippen LogP contribution in [-0.2, 0) is 0 Å². The lowest BCUT2D eigenvalue weighted by Gasteiger charge is -2.07. The maximum absolute atomic E-state index is 10.9. The van der Waals surface area contributed by atoms with Crippen LogP contribution in [0.2, 0.25) is 0 Å². The SMILES string of the molecule is CC#CCNc1cc(Br)ccc1C(=O)O. The fraction of sp³-hybridized carbons (Fsp3) is 0.182. The average Bonchev–Trinajstić information content (AvgIpc) is 2.18. The van der Waals surface area contributed by atoms with E-state index in [4.69, 9.17) is 5.11 Å². The zero-order valence-corrected chi connectivity index (χ0v) is 9.76. The Morgan fingerprint density at radius 2 is 2.33 bits per heavy atom. The van der Waals surface area contributed by atoms with Gasteiger partial charge in [0.25, 0.3) is 0 Å². The van der Waals surface area contributed by atoms with Crippen LogP contribution in [0.5, 0.6) is 0 Å². The number of halogens is 1. The van der Waals surface area contributed by atoms with E-state index in [-0.39, 0.29) is 5.56 Å². The van der Waals surface area contributed by atoms with Crippen LogP contribution in [0.1, 0.15) is 17.3 Å². The highest BCUT2D eigenvalue weighted by Crippen LogP contribution is 2.21. The Bertz CT molecular complexity index is 432. The van der Waals surface area contributed by atoms with Crippen molar-refractivity contribution in [2.45, 2.75) is 6.92 Å². The van der Waals surface area contributed by atoms with Crippen molar-refractivity contribution >= 4 is 27.6 Å². The highest BCUT2D eigenvalue weighted by molar-refractivity contribution is 9.10. The van der Waals surface area contributed by atoms with Crippen LogP contribution in [0, 0.1) is 11.8 Å². The Balaban J connectivity index is 2.95. The average molecular weight is 268 g/mol. The molecule has 0 amide bonds. The lowest BCUT2D eigenvalue weighted by Crippen LogP contribution is -2.06. The number of hydrogen-bond acceptors (Lipinski definition) is 2. The van der Waals surface area contributed by atoms with E-state index in [1.807, 2.05) is 0 Å². The molecule has 0 aromatic heterocycles. The van der Waals surface area contributed by atoms with Gasteiger partial charge in [0.15, 0.2) is 0 Å². The van der Waals surface area contributed by atoms with Crippen molar-refractivity contribution < 1.29 is 9.90 Å². The fourth-order valence-electron chi connectivity index (χ4n) is 1.08. The third kappa shape index (κ3) is 3.30. The molecule has 0 aliphatic rings. The summed E-state index contributed by atoms with van der Waals surface area (Å²) in [6.45, 7) is 2.17. The number of carbonyl (C=O) groups is 1. The molecule has 1 aromatic rings. The van der Waals surface area contributed by atoms with Gasteiger partial charge in [-0.1, -0.05) is 21.9 Å². The highest BCUT2D eigenvalue weighted by Gasteiger charge is 2.09. The van der Waals surface area contributed by atoms with Gasteiger partial charge >= 0.3 is 5.97 Å². The predicted octanol–water partition coefficient (Wildman–Crippen LogP) is 2.58. The Kier molecular flexibility index (Phi) is 4.19. The summed E-state index contributed by atoms with van der Waals surface area (Å²) in [7, 11) is 0. The molecule has 0 radical (unpaired) electrons. The van der Waals surface area contributed by atoms with Crippen molar-refractivity contribution in [3.8, 4) is 11.8 Å². The quantitative estimate of drug-likeness (QED) is 0.828. The summed E-state index contributed by atoms with van der Waals surface area (Å²) in [5, 5.41) is 11.9. The topological polar surface area (TPSA) is 49.3 Å². The molecule has 0 unspecified atom stereocenters. The molecule has 1 rings (SSSR count). The lowest BCUT2D eigenvalue weighted by atomic mass is 10.2. The van der Waals surface area contributed by atoms with Crippen molar-refractivity contribution in [1.82, 2.24) is 0 Å². The van der Waals surface area contributed by atoms with Crippen molar-refractivity contribution in [1.29, 1.82) is 0 Å². The van der Waals surface area contributed by atoms with Crippen LogP contribution in [0.25, 0.3) is 0 Å². The second kappa shape index (κ2) is 5.42. The molecule has 0 aliphatic heterocycles. The third-order valence-electron chi connectivity index (χ3n) is 1.76. The van der Waals surface area contributed by atoms with Gasteiger partial charge in [0, 0.05) is 4.47 Å². The number of nitrogens with one attached hydrogen (secondary N) is 1. The minimum Gasteiger partial charge on any atom is -0.478 e. The molecule has 0 bridgehead atoms. The molecular formula is C11H10BrNO2. The van der Waals surface area contributed by atoms with Gasteiger partial charge in [-0.05, 0) is 25.1 Å². The molecule has 4 heteroatoms. The third-order valence-corrected chi connectivity index (χ3v) is 2.25.